The molecule has 2 amide bonds. The van der Waals surface area contributed by atoms with Gasteiger partial charge in [0.05, 0.1) is 12.1 Å². The molecule has 2 aromatic carbocycles. The van der Waals surface area contributed by atoms with Crippen LogP contribution in [0.2, 0.25) is 0 Å². The Balaban J connectivity index is 2.10. The lowest BCUT2D eigenvalue weighted by atomic mass is 9.98. The van der Waals surface area contributed by atoms with E-state index in [0.29, 0.717) is 0 Å². The van der Waals surface area contributed by atoms with Crippen molar-refractivity contribution in [1.82, 2.24) is 10.6 Å². The summed E-state index contributed by atoms with van der Waals surface area (Å²) in [5, 5.41) is 5.58. The zero-order valence-corrected chi connectivity index (χ0v) is 15.7. The topological polar surface area (TPSA) is 67.4 Å². The summed E-state index contributed by atoms with van der Waals surface area (Å²) in [4.78, 5) is 24.2. The van der Waals surface area contributed by atoms with Crippen molar-refractivity contribution in [3.63, 3.8) is 0 Å². The predicted octanol–water partition coefficient (Wildman–Crippen LogP) is 3.81. The second kappa shape index (κ2) is 8.63. The van der Waals surface area contributed by atoms with Gasteiger partial charge in [0.25, 0.3) is 0 Å². The summed E-state index contributed by atoms with van der Waals surface area (Å²) in [6.45, 7) is 6.97. The molecule has 1 atom stereocenters. The monoisotopic (exact) mass is 354 g/mol. The summed E-state index contributed by atoms with van der Waals surface area (Å²) in [6, 6.07) is 19.0. The molecule has 5 heteroatoms. The van der Waals surface area contributed by atoms with Gasteiger partial charge >= 0.3 is 6.09 Å². The van der Waals surface area contributed by atoms with Gasteiger partial charge in [0.2, 0.25) is 5.91 Å². The number of carbonyl (C=O) groups is 2. The van der Waals surface area contributed by atoms with Gasteiger partial charge in [-0.05, 0) is 38.8 Å². The minimum atomic E-state index is -0.743. The average Bonchev–Trinajstić information content (AvgIpc) is 2.59. The maximum Gasteiger partial charge on any atom is 0.414 e. The first kappa shape index (κ1) is 19.7. The van der Waals surface area contributed by atoms with Crippen LogP contribution in [0.15, 0.2) is 60.7 Å². The maximum atomic E-state index is 12.4. The van der Waals surface area contributed by atoms with Crippen molar-refractivity contribution < 1.29 is 14.3 Å². The van der Waals surface area contributed by atoms with Gasteiger partial charge in [-0.15, -0.1) is 0 Å². The Hall–Kier alpha value is -2.66. The van der Waals surface area contributed by atoms with Gasteiger partial charge in [0.1, 0.15) is 5.60 Å². The fraction of sp³-hybridized carbons (Fsp3) is 0.333. The number of nitrogens with one attached hydrogen (secondary N) is 2. The van der Waals surface area contributed by atoms with Crippen LogP contribution in [-0.4, -0.2) is 23.6 Å². The average molecular weight is 354 g/mol. The molecule has 2 N–H and O–H groups in total. The van der Waals surface area contributed by atoms with E-state index in [9.17, 15) is 9.59 Å². The highest BCUT2D eigenvalue weighted by atomic mass is 16.6. The van der Waals surface area contributed by atoms with Crippen LogP contribution in [0.4, 0.5) is 4.79 Å². The quantitative estimate of drug-likeness (QED) is 0.857. The lowest BCUT2D eigenvalue weighted by Gasteiger charge is -2.24. The van der Waals surface area contributed by atoms with Crippen molar-refractivity contribution in [3.05, 3.63) is 71.8 Å². The first-order valence-corrected chi connectivity index (χ1v) is 8.66. The molecule has 0 fully saturated rings. The van der Waals surface area contributed by atoms with Crippen LogP contribution >= 0.6 is 0 Å². The Morgan fingerprint density at radius 3 is 1.77 bits per heavy atom. The normalized spacial score (nSPS) is 12.5. The van der Waals surface area contributed by atoms with E-state index in [1.165, 1.54) is 0 Å². The Labute approximate surface area is 154 Å². The van der Waals surface area contributed by atoms with Gasteiger partial charge in [-0.1, -0.05) is 60.7 Å². The fourth-order valence-electron chi connectivity index (χ4n) is 2.51. The molecule has 0 saturated heterocycles. The second-order valence-electron chi connectivity index (χ2n) is 7.13. The van der Waals surface area contributed by atoms with Gasteiger partial charge in [0, 0.05) is 0 Å². The van der Waals surface area contributed by atoms with E-state index in [1.54, 1.807) is 27.7 Å². The molecule has 0 saturated carbocycles. The largest absolute Gasteiger partial charge is 0.444 e. The van der Waals surface area contributed by atoms with E-state index in [2.05, 4.69) is 10.6 Å². The van der Waals surface area contributed by atoms with Gasteiger partial charge < -0.3 is 4.74 Å². The molecule has 138 valence electrons. The highest BCUT2D eigenvalue weighted by molar-refractivity contribution is 5.94. The highest BCUT2D eigenvalue weighted by Gasteiger charge is 2.24. The number of amides is 2. The first-order valence-electron chi connectivity index (χ1n) is 8.66. The lowest BCUT2D eigenvalue weighted by molar-refractivity contribution is -0.122. The number of alkyl carbamates (subject to hydrolysis) is 1. The lowest BCUT2D eigenvalue weighted by Crippen LogP contribution is -2.47. The third-order valence-electron chi connectivity index (χ3n) is 3.70. The van der Waals surface area contributed by atoms with E-state index in [-0.39, 0.29) is 6.04 Å². The van der Waals surface area contributed by atoms with Crippen molar-refractivity contribution >= 4 is 12.0 Å². The smallest absolute Gasteiger partial charge is 0.414 e. The molecule has 0 radical (unpaired) electrons. The van der Waals surface area contributed by atoms with Crippen LogP contribution in [0.1, 0.15) is 44.9 Å². The van der Waals surface area contributed by atoms with E-state index in [1.807, 2.05) is 60.7 Å². The fourth-order valence-corrected chi connectivity index (χ4v) is 2.51. The summed E-state index contributed by atoms with van der Waals surface area (Å²) in [5.74, 6) is -0.434. The molecule has 0 aliphatic carbocycles. The third-order valence-corrected chi connectivity index (χ3v) is 3.70. The summed E-state index contributed by atoms with van der Waals surface area (Å²) in [7, 11) is 0. The van der Waals surface area contributed by atoms with Crippen molar-refractivity contribution in [1.29, 1.82) is 0 Å². The van der Waals surface area contributed by atoms with Crippen LogP contribution in [0.25, 0.3) is 0 Å². The molecule has 0 aliphatic heterocycles. The zero-order valence-electron chi connectivity index (χ0n) is 15.7. The molecular formula is C21H26N2O3. The van der Waals surface area contributed by atoms with E-state index in [0.717, 1.165) is 11.1 Å². The number of ether oxygens (including phenoxy) is 1. The zero-order chi connectivity index (χ0) is 19.2. The summed E-state index contributed by atoms with van der Waals surface area (Å²) in [6.07, 6.45) is -0.743. The van der Waals surface area contributed by atoms with Crippen LogP contribution in [0.5, 0.6) is 0 Å². The molecule has 5 nitrogen and oxygen atoms in total. The molecule has 26 heavy (non-hydrogen) atoms. The molecule has 2 rings (SSSR count). The van der Waals surface area contributed by atoms with Crippen molar-refractivity contribution in [2.24, 2.45) is 0 Å². The Morgan fingerprint density at radius 2 is 1.35 bits per heavy atom. The van der Waals surface area contributed by atoms with E-state index >= 15 is 0 Å². The van der Waals surface area contributed by atoms with Crippen molar-refractivity contribution in [2.45, 2.75) is 45.4 Å². The maximum absolute atomic E-state index is 12.4. The SMILES string of the molecule is C[C@H](NC(c1ccccc1)c1ccccc1)C(=O)NC(=O)OC(C)(C)C. The van der Waals surface area contributed by atoms with Crippen molar-refractivity contribution in [2.75, 3.05) is 0 Å². The minimum absolute atomic E-state index is 0.170. The van der Waals surface area contributed by atoms with E-state index in [4.69, 9.17) is 4.74 Å². The number of benzene rings is 2. The molecule has 0 bridgehead atoms. The van der Waals surface area contributed by atoms with Gasteiger partial charge in [-0.3, -0.25) is 15.4 Å². The van der Waals surface area contributed by atoms with Gasteiger partial charge in [0.15, 0.2) is 0 Å². The van der Waals surface area contributed by atoms with Crippen LogP contribution in [0, 0.1) is 0 Å². The van der Waals surface area contributed by atoms with Gasteiger partial charge in [-0.2, -0.15) is 0 Å². The van der Waals surface area contributed by atoms with Gasteiger partial charge in [-0.25, -0.2) is 4.79 Å². The Bertz CT molecular complexity index is 684. The highest BCUT2D eigenvalue weighted by Crippen LogP contribution is 2.22. The molecule has 0 aliphatic rings. The van der Waals surface area contributed by atoms with Crippen LogP contribution in [0.3, 0.4) is 0 Å². The number of rotatable bonds is 5. The summed E-state index contributed by atoms with van der Waals surface area (Å²) in [5.41, 5.74) is 1.42. The first-order chi connectivity index (χ1) is 12.3. The number of hydrogen-bond donors (Lipinski definition) is 2. The second-order valence-corrected chi connectivity index (χ2v) is 7.13. The number of carbonyl (C=O) groups excluding carboxylic acids is 2. The molecule has 0 unspecified atom stereocenters. The Kier molecular flexibility index (Phi) is 6.52. The minimum Gasteiger partial charge on any atom is -0.444 e. The predicted molar refractivity (Wildman–Crippen MR) is 102 cm³/mol. The van der Waals surface area contributed by atoms with Crippen LogP contribution in [-0.2, 0) is 9.53 Å². The molecule has 2 aromatic rings. The Morgan fingerprint density at radius 1 is 0.885 bits per heavy atom. The van der Waals surface area contributed by atoms with E-state index < -0.39 is 23.6 Å². The summed E-state index contributed by atoms with van der Waals surface area (Å²) < 4.78 is 5.13. The summed E-state index contributed by atoms with van der Waals surface area (Å²) >= 11 is 0. The molecule has 0 heterocycles. The standard InChI is InChI=1S/C21H26N2O3/c1-15(19(24)23-20(25)26-21(2,3)4)22-18(16-11-7-5-8-12-16)17-13-9-6-10-14-17/h5-15,18,22H,1-4H3,(H,23,24,25)/t15-/m0/s1. The number of imide groups is 1. The van der Waals surface area contributed by atoms with Crippen LogP contribution < -0.4 is 10.6 Å². The third kappa shape index (κ3) is 6.01. The van der Waals surface area contributed by atoms with Crippen molar-refractivity contribution in [3.8, 4) is 0 Å². The molecule has 0 spiro atoms. The molecular weight excluding hydrogens is 328 g/mol. The number of hydrogen-bond acceptors (Lipinski definition) is 4. The molecule has 0 aromatic heterocycles.